The molecule has 1 fully saturated rings. The van der Waals surface area contributed by atoms with Gasteiger partial charge in [-0.25, -0.2) is 0 Å². The Balaban J connectivity index is 1.89. The van der Waals surface area contributed by atoms with Gasteiger partial charge < -0.3 is 9.47 Å². The van der Waals surface area contributed by atoms with E-state index in [4.69, 9.17) is 5.26 Å². The molecule has 16 heavy (non-hydrogen) atoms. The summed E-state index contributed by atoms with van der Waals surface area (Å²) < 4.78 is 34.1. The van der Waals surface area contributed by atoms with Crippen LogP contribution in [0.15, 0.2) is 18.2 Å². The molecule has 3 nitrogen and oxygen atoms in total. The number of hydrogen-bond acceptors (Lipinski definition) is 3. The van der Waals surface area contributed by atoms with E-state index in [9.17, 15) is 8.78 Å². The molecule has 1 aromatic rings. The van der Waals surface area contributed by atoms with Crippen molar-refractivity contribution in [3.63, 3.8) is 0 Å². The minimum absolute atomic E-state index is 0.000816. The summed E-state index contributed by atoms with van der Waals surface area (Å²) in [4.78, 5) is 0. The van der Waals surface area contributed by atoms with Crippen molar-refractivity contribution in [3.05, 3.63) is 23.8 Å². The van der Waals surface area contributed by atoms with Crippen molar-refractivity contribution < 1.29 is 18.3 Å². The first-order valence-electron chi connectivity index (χ1n) is 4.88. The van der Waals surface area contributed by atoms with E-state index in [1.54, 1.807) is 6.07 Å². The van der Waals surface area contributed by atoms with Crippen LogP contribution in [0.5, 0.6) is 11.5 Å². The highest BCUT2D eigenvalue weighted by atomic mass is 19.3. The average Bonchev–Trinajstić information content (AvgIpc) is 2.93. The molecule has 82 valence electrons. The van der Waals surface area contributed by atoms with E-state index in [2.05, 4.69) is 15.5 Å². The average molecular weight is 223 g/mol. The minimum atomic E-state index is -3.57. The molecule has 5 heteroatoms. The van der Waals surface area contributed by atoms with Gasteiger partial charge in [-0.3, -0.25) is 0 Å². The Hall–Kier alpha value is -1.83. The number of halogens is 2. The first kappa shape index (κ1) is 9.40. The fourth-order valence-electron chi connectivity index (χ4n) is 1.90. The topological polar surface area (TPSA) is 42.2 Å². The third kappa shape index (κ3) is 1.38. The van der Waals surface area contributed by atoms with Crippen LogP contribution in [0.2, 0.25) is 0 Å². The fourth-order valence-corrected chi connectivity index (χ4v) is 1.90. The molecule has 1 aliphatic heterocycles. The van der Waals surface area contributed by atoms with Crippen molar-refractivity contribution in [2.45, 2.75) is 18.6 Å². The van der Waals surface area contributed by atoms with Crippen molar-refractivity contribution >= 4 is 0 Å². The molecule has 0 saturated heterocycles. The van der Waals surface area contributed by atoms with Crippen molar-refractivity contribution in [2.75, 3.05) is 0 Å². The predicted octanol–water partition coefficient (Wildman–Crippen LogP) is 2.64. The normalized spacial score (nSPS) is 28.6. The monoisotopic (exact) mass is 223 g/mol. The van der Waals surface area contributed by atoms with Gasteiger partial charge in [0.05, 0.1) is 12.0 Å². The molecule has 0 spiro atoms. The van der Waals surface area contributed by atoms with Crippen molar-refractivity contribution in [1.82, 2.24) is 0 Å². The Kier molecular flexibility index (Phi) is 1.67. The third-order valence-corrected chi connectivity index (χ3v) is 2.81. The van der Waals surface area contributed by atoms with E-state index in [1.807, 2.05) is 0 Å². The number of benzene rings is 1. The Labute approximate surface area is 90.2 Å². The molecule has 2 unspecified atom stereocenters. The summed E-state index contributed by atoms with van der Waals surface area (Å²) in [6.07, 6.45) is -2.79. The van der Waals surface area contributed by atoms with Crippen LogP contribution in [0.25, 0.3) is 0 Å². The van der Waals surface area contributed by atoms with Gasteiger partial charge in [-0.05, 0) is 24.1 Å². The minimum Gasteiger partial charge on any atom is -0.395 e. The lowest BCUT2D eigenvalue weighted by Crippen LogP contribution is -2.25. The molecule has 0 bridgehead atoms. The number of ether oxygens (including phenoxy) is 2. The molecular weight excluding hydrogens is 216 g/mol. The van der Waals surface area contributed by atoms with Crippen LogP contribution in [0, 0.1) is 17.2 Å². The molecule has 3 rings (SSSR count). The number of fused-ring (bicyclic) bond motifs is 1. The van der Waals surface area contributed by atoms with Crippen LogP contribution in [0.1, 0.15) is 17.9 Å². The molecule has 1 saturated carbocycles. The summed E-state index contributed by atoms with van der Waals surface area (Å²) in [6.45, 7) is 0. The van der Waals surface area contributed by atoms with E-state index >= 15 is 0 Å². The lowest BCUT2D eigenvalue weighted by atomic mass is 10.1. The first-order chi connectivity index (χ1) is 7.59. The van der Waals surface area contributed by atoms with Crippen LogP contribution >= 0.6 is 0 Å². The summed E-state index contributed by atoms with van der Waals surface area (Å²) >= 11 is 0. The Morgan fingerprint density at radius 3 is 2.75 bits per heavy atom. The highest BCUT2D eigenvalue weighted by molar-refractivity contribution is 5.47. The molecule has 0 amide bonds. The van der Waals surface area contributed by atoms with Crippen LogP contribution in [-0.4, -0.2) is 6.29 Å². The Morgan fingerprint density at radius 2 is 2.06 bits per heavy atom. The molecular formula is C11H7F2NO2. The van der Waals surface area contributed by atoms with Crippen LogP contribution in [-0.2, 0) is 0 Å². The number of hydrogen-bond donors (Lipinski definition) is 0. The van der Waals surface area contributed by atoms with E-state index in [0.717, 1.165) is 12.0 Å². The number of rotatable bonds is 1. The number of nitrogens with zero attached hydrogens (tertiary/aromatic N) is 1. The second-order valence-corrected chi connectivity index (χ2v) is 3.95. The summed E-state index contributed by atoms with van der Waals surface area (Å²) in [5, 5.41) is 8.69. The maximum Gasteiger partial charge on any atom is 0.586 e. The smallest absolute Gasteiger partial charge is 0.395 e. The SMILES string of the molecule is N#CC1CC1c1ccc2c(c1)OC(F)(F)O2. The van der Waals surface area contributed by atoms with Gasteiger partial charge in [0.15, 0.2) is 11.5 Å². The van der Waals surface area contributed by atoms with E-state index in [0.29, 0.717) is 0 Å². The second kappa shape index (κ2) is 2.85. The maximum absolute atomic E-state index is 12.7. The van der Waals surface area contributed by atoms with Gasteiger partial charge in [-0.1, -0.05) is 6.07 Å². The maximum atomic E-state index is 12.7. The zero-order valence-corrected chi connectivity index (χ0v) is 8.11. The molecule has 1 aliphatic carbocycles. The zero-order chi connectivity index (χ0) is 11.3. The van der Waals surface area contributed by atoms with Crippen LogP contribution in [0.4, 0.5) is 8.78 Å². The van der Waals surface area contributed by atoms with Gasteiger partial charge in [0.1, 0.15) is 0 Å². The molecule has 0 aromatic heterocycles. The Morgan fingerprint density at radius 1 is 1.31 bits per heavy atom. The van der Waals surface area contributed by atoms with E-state index < -0.39 is 6.29 Å². The lowest BCUT2D eigenvalue weighted by molar-refractivity contribution is -0.286. The highest BCUT2D eigenvalue weighted by Gasteiger charge is 2.45. The first-order valence-corrected chi connectivity index (χ1v) is 4.88. The molecule has 0 N–H and O–H groups in total. The predicted molar refractivity (Wildman–Crippen MR) is 49.1 cm³/mol. The summed E-state index contributed by atoms with van der Waals surface area (Å²) in [6, 6.07) is 6.83. The van der Waals surface area contributed by atoms with E-state index in [-0.39, 0.29) is 23.3 Å². The van der Waals surface area contributed by atoms with Crippen LogP contribution < -0.4 is 9.47 Å². The van der Waals surface area contributed by atoms with Crippen molar-refractivity contribution in [3.8, 4) is 17.6 Å². The molecule has 1 aromatic carbocycles. The summed E-state index contributed by atoms with van der Waals surface area (Å²) in [5.41, 5.74) is 0.853. The summed E-state index contributed by atoms with van der Waals surface area (Å²) in [5.74, 6) is 0.239. The van der Waals surface area contributed by atoms with Crippen molar-refractivity contribution in [2.24, 2.45) is 5.92 Å². The lowest BCUT2D eigenvalue weighted by Gasteiger charge is -2.04. The van der Waals surface area contributed by atoms with Gasteiger partial charge in [-0.15, -0.1) is 8.78 Å². The number of alkyl halides is 2. The summed E-state index contributed by atoms with van der Waals surface area (Å²) in [7, 11) is 0. The zero-order valence-electron chi connectivity index (χ0n) is 8.11. The molecule has 2 aliphatic rings. The van der Waals surface area contributed by atoms with E-state index in [1.165, 1.54) is 12.1 Å². The van der Waals surface area contributed by atoms with Gasteiger partial charge in [0.25, 0.3) is 0 Å². The van der Waals surface area contributed by atoms with Gasteiger partial charge in [0, 0.05) is 5.92 Å². The fraction of sp³-hybridized carbons (Fsp3) is 0.364. The molecule has 0 radical (unpaired) electrons. The highest BCUT2D eigenvalue weighted by Crippen LogP contribution is 2.50. The van der Waals surface area contributed by atoms with Gasteiger partial charge in [0.2, 0.25) is 0 Å². The second-order valence-electron chi connectivity index (χ2n) is 3.95. The third-order valence-electron chi connectivity index (χ3n) is 2.81. The Bertz CT molecular complexity index is 495. The van der Waals surface area contributed by atoms with Crippen molar-refractivity contribution in [1.29, 1.82) is 5.26 Å². The van der Waals surface area contributed by atoms with Gasteiger partial charge >= 0.3 is 6.29 Å². The number of nitriles is 1. The van der Waals surface area contributed by atoms with Crippen LogP contribution in [0.3, 0.4) is 0 Å². The quantitative estimate of drug-likeness (QED) is 0.734. The standard InChI is InChI=1S/C11H7F2NO2/c12-11(13)15-9-2-1-6(4-10(9)16-11)8-3-7(8)5-14/h1-2,4,7-8H,3H2. The molecule has 2 atom stereocenters. The molecule has 1 heterocycles. The largest absolute Gasteiger partial charge is 0.586 e. The van der Waals surface area contributed by atoms with Gasteiger partial charge in [-0.2, -0.15) is 5.26 Å².